The summed E-state index contributed by atoms with van der Waals surface area (Å²) in [4.78, 5) is 131. The highest BCUT2D eigenvalue weighted by Gasteiger charge is 2.65. The molecule has 0 aromatic rings. The van der Waals surface area contributed by atoms with Crippen LogP contribution in [0.25, 0.3) is 0 Å². The van der Waals surface area contributed by atoms with Gasteiger partial charge in [-0.2, -0.15) is 0 Å². The van der Waals surface area contributed by atoms with Crippen LogP contribution in [0.4, 0.5) is 0 Å². The van der Waals surface area contributed by atoms with Gasteiger partial charge in [-0.15, -0.1) is 0 Å². The molecule has 11 atom stereocenters. The number of ether oxygens (including phenoxy) is 12. The van der Waals surface area contributed by atoms with Gasteiger partial charge in [-0.25, -0.2) is 4.79 Å². The summed E-state index contributed by atoms with van der Waals surface area (Å²) in [5.74, 6) is -15.3. The lowest BCUT2D eigenvalue weighted by Gasteiger charge is -2.53. The maximum Gasteiger partial charge on any atom is 0.366 e. The number of rotatable bonds is 16. The molecule has 0 spiro atoms. The second kappa shape index (κ2) is 23.7. The summed E-state index contributed by atoms with van der Waals surface area (Å²) >= 11 is 17.7. The van der Waals surface area contributed by atoms with Crippen molar-refractivity contribution in [1.82, 2.24) is 4.90 Å². The highest BCUT2D eigenvalue weighted by atomic mass is 35.6. The van der Waals surface area contributed by atoms with Gasteiger partial charge in [0.25, 0.3) is 9.58 Å². The van der Waals surface area contributed by atoms with Crippen molar-refractivity contribution in [3.63, 3.8) is 0 Å². The van der Waals surface area contributed by atoms with Crippen molar-refractivity contribution in [1.29, 1.82) is 5.41 Å². The first-order valence-corrected chi connectivity index (χ1v) is 20.8. The molecule has 2 rings (SSSR count). The highest BCUT2D eigenvalue weighted by Crippen LogP contribution is 2.43. The molecule has 2 aliphatic rings. The molecule has 372 valence electrons. The van der Waals surface area contributed by atoms with Crippen LogP contribution in [-0.2, 0) is 105 Å². The van der Waals surface area contributed by atoms with E-state index in [2.05, 4.69) is 0 Å². The standard InChI is InChI=1S/C39H53Cl3N2O22/c1-16(45)44(17(2)46)27-24(58-19(4)48)13-38(36(54)55-12,65-30(27)28(60-21(6)50)25(59-20(5)49)14-56-18(3)47)66-31-29(61-22(7)51)26(15-57-35(53)37(9,10)11)63-33(32(31)62-23(8)52)64-34(43)39(40,41)42/h24-33,43H,13-15H2,1-12H3/t24-,25+,26+,27+,28+,29-,30+,31-,32+,33-,38-/m0/s1. The predicted molar refractivity (Wildman–Crippen MR) is 219 cm³/mol. The van der Waals surface area contributed by atoms with Gasteiger partial charge >= 0.3 is 47.8 Å². The van der Waals surface area contributed by atoms with Crippen LogP contribution in [-0.4, -0.2) is 161 Å². The molecule has 24 nitrogen and oxygen atoms in total. The summed E-state index contributed by atoms with van der Waals surface area (Å²) in [6, 6.07) is -1.95. The maximum absolute atomic E-state index is 14.5. The summed E-state index contributed by atoms with van der Waals surface area (Å²) in [6.07, 6.45) is -19.5. The second-order valence-electron chi connectivity index (χ2n) is 15.7. The maximum atomic E-state index is 14.5. The minimum atomic E-state index is -3.16. The third kappa shape index (κ3) is 15.9. The van der Waals surface area contributed by atoms with Crippen molar-refractivity contribution < 1.29 is 105 Å². The van der Waals surface area contributed by atoms with E-state index in [-0.39, 0.29) is 0 Å². The Kier molecular flexibility index (Phi) is 20.6. The van der Waals surface area contributed by atoms with Crippen LogP contribution in [0.2, 0.25) is 0 Å². The molecule has 2 amide bonds. The Morgan fingerprint density at radius 2 is 1.24 bits per heavy atom. The molecular weight excluding hydrogens is 955 g/mol. The SMILES string of the molecule is COC(=O)[C@@]1(O[C@H]2[C@@H](OC(C)=O)[C@@H](COC(=O)C(C)(C)C)O[C@@H](OC(=N)C(Cl)(Cl)Cl)[C@@H]2OC(C)=O)C[C@H](OC(C)=O)[C@@H](N(C(C)=O)C(C)=O)[C@H]([C@H](OC(C)=O)[C@@H](COC(C)=O)OC(C)=O)O1. The zero-order valence-corrected chi connectivity index (χ0v) is 40.2. The Balaban J connectivity index is 3.24. The van der Waals surface area contributed by atoms with Crippen molar-refractivity contribution >= 4 is 100 Å². The van der Waals surface area contributed by atoms with Gasteiger partial charge in [0.2, 0.25) is 24.0 Å². The Morgan fingerprint density at radius 1 is 0.712 bits per heavy atom. The number of halogens is 3. The average Bonchev–Trinajstić information content (AvgIpc) is 3.15. The number of amides is 2. The van der Waals surface area contributed by atoms with E-state index in [1.165, 1.54) is 20.8 Å². The third-order valence-electron chi connectivity index (χ3n) is 9.07. The third-order valence-corrected chi connectivity index (χ3v) is 9.58. The van der Waals surface area contributed by atoms with Crippen molar-refractivity contribution in [2.24, 2.45) is 5.41 Å². The van der Waals surface area contributed by atoms with E-state index >= 15 is 0 Å². The number of nitrogens with zero attached hydrogens (tertiary/aromatic N) is 1. The monoisotopic (exact) mass is 1010 g/mol. The first-order valence-electron chi connectivity index (χ1n) is 19.6. The van der Waals surface area contributed by atoms with Crippen LogP contribution in [0, 0.1) is 10.8 Å². The fourth-order valence-electron chi connectivity index (χ4n) is 6.71. The van der Waals surface area contributed by atoms with Crippen LogP contribution in [0.15, 0.2) is 0 Å². The van der Waals surface area contributed by atoms with Crippen LogP contribution in [0.3, 0.4) is 0 Å². The lowest BCUT2D eigenvalue weighted by atomic mass is 9.86. The molecule has 2 aliphatic heterocycles. The lowest BCUT2D eigenvalue weighted by Crippen LogP contribution is -2.72. The summed E-state index contributed by atoms with van der Waals surface area (Å²) in [6.45, 7) is 10.1. The van der Waals surface area contributed by atoms with E-state index in [9.17, 15) is 47.9 Å². The van der Waals surface area contributed by atoms with Crippen LogP contribution in [0.5, 0.6) is 0 Å². The number of hydrogen-bond donors (Lipinski definition) is 1. The number of methoxy groups -OCH3 is 1. The molecule has 1 N–H and O–H groups in total. The van der Waals surface area contributed by atoms with E-state index in [0.29, 0.717) is 4.90 Å². The average molecular weight is 1010 g/mol. The van der Waals surface area contributed by atoms with Crippen molar-refractivity contribution in [2.75, 3.05) is 20.3 Å². The molecule has 0 radical (unpaired) electrons. The van der Waals surface area contributed by atoms with Gasteiger partial charge in [-0.1, -0.05) is 34.8 Å². The topological polar surface area (TPSA) is 309 Å². The molecule has 0 bridgehead atoms. The molecule has 66 heavy (non-hydrogen) atoms. The Bertz CT molecular complexity index is 1870. The van der Waals surface area contributed by atoms with Crippen LogP contribution < -0.4 is 0 Å². The molecule has 27 heteroatoms. The minimum Gasteiger partial charge on any atom is -0.465 e. The largest absolute Gasteiger partial charge is 0.465 e. The first kappa shape index (κ1) is 57.2. The molecule has 2 heterocycles. The molecule has 0 aromatic heterocycles. The Hall–Kier alpha value is -4.88. The molecule has 0 saturated carbocycles. The van der Waals surface area contributed by atoms with Gasteiger partial charge in [-0.05, 0) is 20.8 Å². The molecule has 2 saturated heterocycles. The number of alkyl halides is 3. The minimum absolute atomic E-state index is 0.510. The van der Waals surface area contributed by atoms with Crippen molar-refractivity contribution in [2.45, 2.75) is 153 Å². The zero-order chi connectivity index (χ0) is 50.8. The van der Waals surface area contributed by atoms with E-state index in [0.717, 1.165) is 62.5 Å². The fraction of sp³-hybridized carbons (Fsp3) is 0.718. The number of carbonyl (C=O) groups is 10. The molecular formula is C39H53Cl3N2O22. The number of hydrogen-bond acceptors (Lipinski definition) is 23. The smallest absolute Gasteiger partial charge is 0.366 e. The molecule has 0 aromatic carbocycles. The van der Waals surface area contributed by atoms with E-state index < -0.39 is 161 Å². The Labute approximate surface area is 393 Å². The predicted octanol–water partition coefficient (Wildman–Crippen LogP) is 1.69. The van der Waals surface area contributed by atoms with Gasteiger partial charge in [0.1, 0.15) is 43.7 Å². The summed E-state index contributed by atoms with van der Waals surface area (Å²) < 4.78 is 65.3. The van der Waals surface area contributed by atoms with Crippen molar-refractivity contribution in [3.05, 3.63) is 0 Å². The summed E-state index contributed by atoms with van der Waals surface area (Å²) in [5, 5.41) is 8.32. The van der Waals surface area contributed by atoms with Crippen molar-refractivity contribution in [3.8, 4) is 0 Å². The number of imide groups is 1. The molecule has 0 unspecified atom stereocenters. The highest BCUT2D eigenvalue weighted by molar-refractivity contribution is 6.76. The second-order valence-corrected chi connectivity index (χ2v) is 18.0. The molecule has 0 aliphatic carbocycles. The summed E-state index contributed by atoms with van der Waals surface area (Å²) in [5.41, 5.74) is -1.14. The van der Waals surface area contributed by atoms with Gasteiger partial charge < -0.3 is 56.8 Å². The van der Waals surface area contributed by atoms with Crippen LogP contribution >= 0.6 is 34.8 Å². The molecule has 2 fully saturated rings. The lowest BCUT2D eigenvalue weighted by molar-refractivity contribution is -0.368. The van der Waals surface area contributed by atoms with Gasteiger partial charge in [-0.3, -0.25) is 53.5 Å². The Morgan fingerprint density at radius 3 is 1.68 bits per heavy atom. The number of nitrogens with one attached hydrogen (secondary N) is 1. The van der Waals surface area contributed by atoms with Gasteiger partial charge in [0.05, 0.1) is 18.9 Å². The fourth-order valence-corrected chi connectivity index (χ4v) is 6.84. The van der Waals surface area contributed by atoms with Gasteiger partial charge in [0, 0.05) is 55.4 Å². The quantitative estimate of drug-likeness (QED) is 0.0756. The zero-order valence-electron chi connectivity index (χ0n) is 38.0. The summed E-state index contributed by atoms with van der Waals surface area (Å²) in [7, 11) is 0.822. The first-order chi connectivity index (χ1) is 30.3. The number of carbonyl (C=O) groups excluding carboxylic acids is 10. The van der Waals surface area contributed by atoms with Gasteiger partial charge in [0.15, 0.2) is 24.4 Å². The normalized spacial score (nSPS) is 26.1. The van der Waals surface area contributed by atoms with E-state index in [1.54, 1.807) is 0 Å². The van der Waals surface area contributed by atoms with Crippen LogP contribution in [0.1, 0.15) is 82.6 Å². The van der Waals surface area contributed by atoms with E-state index in [1.807, 2.05) is 0 Å². The van der Waals surface area contributed by atoms with E-state index in [4.69, 9.17) is 97.1 Å². The number of esters is 8.